The van der Waals surface area contributed by atoms with Gasteiger partial charge in [0.05, 0.1) is 4.92 Å². The van der Waals surface area contributed by atoms with Gasteiger partial charge in [0.2, 0.25) is 0 Å². The summed E-state index contributed by atoms with van der Waals surface area (Å²) in [5.41, 5.74) is -0.0959. The van der Waals surface area contributed by atoms with Gasteiger partial charge in [-0.2, -0.15) is 0 Å². The Kier molecular flexibility index (Phi) is 9.61. The molecule has 0 aliphatic rings. The maximum Gasteiger partial charge on any atom is 0.269 e. The summed E-state index contributed by atoms with van der Waals surface area (Å²) in [6.45, 7) is 4.00. The summed E-state index contributed by atoms with van der Waals surface area (Å²) in [6, 6.07) is 4.35. The standard InChI is InChI=1S/C6H4FNO2.C2H6.C2H2/c7-5-1-3-6(4-2-5)8(9)10;2*1-2/h1-4H;1-2H3;1-2H. The fourth-order valence-corrected chi connectivity index (χ4v) is 0.563. The third-order valence-corrected chi connectivity index (χ3v) is 1.04. The van der Waals surface area contributed by atoms with Crippen molar-refractivity contribution in [2.24, 2.45) is 0 Å². The van der Waals surface area contributed by atoms with Crippen LogP contribution in [0.2, 0.25) is 0 Å². The molecule has 0 heterocycles. The fraction of sp³-hybridized carbons (Fsp3) is 0.200. The van der Waals surface area contributed by atoms with Crippen LogP contribution in [0.25, 0.3) is 0 Å². The van der Waals surface area contributed by atoms with Crippen LogP contribution in [0, 0.1) is 28.8 Å². The van der Waals surface area contributed by atoms with Crippen LogP contribution in [0.4, 0.5) is 10.1 Å². The Bertz CT molecular complexity index is 280. The van der Waals surface area contributed by atoms with E-state index in [1.54, 1.807) is 0 Å². The van der Waals surface area contributed by atoms with Crippen molar-refractivity contribution in [3.63, 3.8) is 0 Å². The lowest BCUT2D eigenvalue weighted by molar-refractivity contribution is -0.384. The molecule has 1 aromatic carbocycles. The van der Waals surface area contributed by atoms with E-state index in [2.05, 4.69) is 12.8 Å². The molecule has 0 amide bonds. The number of benzene rings is 1. The first-order chi connectivity index (χ1) is 6.70. The van der Waals surface area contributed by atoms with Gasteiger partial charge in [-0.1, -0.05) is 13.8 Å². The number of nitrogens with zero attached hydrogens (tertiary/aromatic N) is 1. The SMILES string of the molecule is C#C.CC.O=[N+]([O-])c1ccc(F)cc1. The van der Waals surface area contributed by atoms with E-state index < -0.39 is 10.7 Å². The molecule has 0 fully saturated rings. The van der Waals surface area contributed by atoms with E-state index in [4.69, 9.17) is 0 Å². The zero-order chi connectivity index (χ0) is 11.6. The maximum absolute atomic E-state index is 12.1. The van der Waals surface area contributed by atoms with E-state index in [1.807, 2.05) is 13.8 Å². The summed E-state index contributed by atoms with van der Waals surface area (Å²) in [5, 5.41) is 10.00. The molecule has 14 heavy (non-hydrogen) atoms. The second-order valence-corrected chi connectivity index (χ2v) is 1.73. The molecular weight excluding hydrogens is 185 g/mol. The van der Waals surface area contributed by atoms with Gasteiger partial charge in [-0.05, 0) is 12.1 Å². The van der Waals surface area contributed by atoms with Crippen LogP contribution in [0.15, 0.2) is 24.3 Å². The highest BCUT2D eigenvalue weighted by atomic mass is 19.1. The topological polar surface area (TPSA) is 43.1 Å². The highest BCUT2D eigenvalue weighted by molar-refractivity contribution is 5.28. The quantitative estimate of drug-likeness (QED) is 0.394. The average molecular weight is 197 g/mol. The molecule has 0 saturated heterocycles. The number of halogens is 1. The number of non-ortho nitro benzene ring substituents is 1. The monoisotopic (exact) mass is 197 g/mol. The second kappa shape index (κ2) is 9.20. The summed E-state index contributed by atoms with van der Waals surface area (Å²) < 4.78 is 12.1. The Labute approximate surface area is 82.7 Å². The summed E-state index contributed by atoms with van der Waals surface area (Å²) in [7, 11) is 0. The van der Waals surface area contributed by atoms with Crippen LogP contribution < -0.4 is 0 Å². The lowest BCUT2D eigenvalue weighted by atomic mass is 10.3. The molecule has 76 valence electrons. The number of rotatable bonds is 1. The molecule has 0 saturated carbocycles. The van der Waals surface area contributed by atoms with Gasteiger partial charge >= 0.3 is 0 Å². The Morgan fingerprint density at radius 3 is 1.86 bits per heavy atom. The van der Waals surface area contributed by atoms with E-state index in [1.165, 1.54) is 0 Å². The summed E-state index contributed by atoms with van der Waals surface area (Å²) in [4.78, 5) is 9.43. The molecule has 0 aromatic heterocycles. The molecule has 0 N–H and O–H groups in total. The second-order valence-electron chi connectivity index (χ2n) is 1.73. The molecule has 0 aliphatic heterocycles. The maximum atomic E-state index is 12.1. The largest absolute Gasteiger partial charge is 0.269 e. The van der Waals surface area contributed by atoms with Crippen LogP contribution in [-0.2, 0) is 0 Å². The van der Waals surface area contributed by atoms with Crippen LogP contribution in [0.5, 0.6) is 0 Å². The van der Waals surface area contributed by atoms with Gasteiger partial charge in [-0.3, -0.25) is 10.1 Å². The van der Waals surface area contributed by atoms with Gasteiger partial charge in [0, 0.05) is 12.1 Å². The predicted molar refractivity (Wildman–Crippen MR) is 54.3 cm³/mol. The molecule has 3 nitrogen and oxygen atoms in total. The molecule has 1 rings (SSSR count). The van der Waals surface area contributed by atoms with Gasteiger partial charge in [-0.15, -0.1) is 12.8 Å². The van der Waals surface area contributed by atoms with Gasteiger partial charge in [0.1, 0.15) is 5.82 Å². The van der Waals surface area contributed by atoms with E-state index >= 15 is 0 Å². The van der Waals surface area contributed by atoms with Gasteiger partial charge < -0.3 is 0 Å². The van der Waals surface area contributed by atoms with Crippen LogP contribution in [-0.4, -0.2) is 4.92 Å². The van der Waals surface area contributed by atoms with Gasteiger partial charge in [-0.25, -0.2) is 4.39 Å². The smallest absolute Gasteiger partial charge is 0.258 e. The first-order valence-electron chi connectivity index (χ1n) is 3.93. The zero-order valence-electron chi connectivity index (χ0n) is 8.11. The highest BCUT2D eigenvalue weighted by Crippen LogP contribution is 2.09. The molecule has 0 atom stereocenters. The zero-order valence-corrected chi connectivity index (χ0v) is 8.11. The van der Waals surface area contributed by atoms with Crippen LogP contribution >= 0.6 is 0 Å². The first kappa shape index (κ1) is 14.6. The first-order valence-corrected chi connectivity index (χ1v) is 3.93. The summed E-state index contributed by atoms with van der Waals surface area (Å²) in [5.74, 6) is -0.467. The fourth-order valence-electron chi connectivity index (χ4n) is 0.563. The van der Waals surface area contributed by atoms with Gasteiger partial charge in [0.25, 0.3) is 5.69 Å². The molecule has 0 bridgehead atoms. The van der Waals surface area contributed by atoms with Crippen molar-refractivity contribution in [1.29, 1.82) is 0 Å². The van der Waals surface area contributed by atoms with Crippen LogP contribution in [0.3, 0.4) is 0 Å². The van der Waals surface area contributed by atoms with E-state index in [0.29, 0.717) is 0 Å². The minimum atomic E-state index is -0.570. The van der Waals surface area contributed by atoms with Crippen molar-refractivity contribution in [2.75, 3.05) is 0 Å². The molecule has 0 spiro atoms. The molecule has 0 aliphatic carbocycles. The number of nitro groups is 1. The summed E-state index contributed by atoms with van der Waals surface area (Å²) in [6.07, 6.45) is 8.00. The molecule has 4 heteroatoms. The number of hydrogen-bond acceptors (Lipinski definition) is 2. The van der Waals surface area contributed by atoms with Crippen LogP contribution in [0.1, 0.15) is 13.8 Å². The van der Waals surface area contributed by atoms with Crippen molar-refractivity contribution >= 4 is 5.69 Å². The molecule has 0 radical (unpaired) electrons. The van der Waals surface area contributed by atoms with Crippen molar-refractivity contribution in [1.82, 2.24) is 0 Å². The minimum absolute atomic E-state index is 0.0959. The third-order valence-electron chi connectivity index (χ3n) is 1.04. The number of nitro benzene ring substituents is 1. The Balaban J connectivity index is 0. The molecule has 1 aromatic rings. The number of hydrogen-bond donors (Lipinski definition) is 0. The van der Waals surface area contributed by atoms with E-state index in [-0.39, 0.29) is 5.69 Å². The Hall–Kier alpha value is -1.89. The lowest BCUT2D eigenvalue weighted by Crippen LogP contribution is -1.86. The molecular formula is C10H12FNO2. The van der Waals surface area contributed by atoms with Crippen molar-refractivity contribution in [3.05, 3.63) is 40.2 Å². The number of terminal acetylenes is 1. The minimum Gasteiger partial charge on any atom is -0.258 e. The lowest BCUT2D eigenvalue weighted by Gasteiger charge is -1.87. The Morgan fingerprint density at radius 1 is 1.21 bits per heavy atom. The molecule has 0 unspecified atom stereocenters. The third kappa shape index (κ3) is 5.72. The van der Waals surface area contributed by atoms with Crippen molar-refractivity contribution < 1.29 is 9.31 Å². The Morgan fingerprint density at radius 2 is 1.57 bits per heavy atom. The van der Waals surface area contributed by atoms with Crippen molar-refractivity contribution in [2.45, 2.75) is 13.8 Å². The van der Waals surface area contributed by atoms with E-state index in [0.717, 1.165) is 24.3 Å². The predicted octanol–water partition coefficient (Wildman–Crippen LogP) is 3.01. The highest BCUT2D eigenvalue weighted by Gasteiger charge is 2.01. The normalized spacial score (nSPS) is 7.21. The summed E-state index contributed by atoms with van der Waals surface area (Å²) >= 11 is 0. The average Bonchev–Trinajstić information content (AvgIpc) is 2.24. The van der Waals surface area contributed by atoms with E-state index in [9.17, 15) is 14.5 Å². The van der Waals surface area contributed by atoms with Gasteiger partial charge in [0.15, 0.2) is 0 Å². The van der Waals surface area contributed by atoms with Crippen molar-refractivity contribution in [3.8, 4) is 12.8 Å².